The van der Waals surface area contributed by atoms with E-state index < -0.39 is 50.0 Å². The molecular weight excluding hydrogens is 530 g/mol. The summed E-state index contributed by atoms with van der Waals surface area (Å²) in [6, 6.07) is 0. The predicted octanol–water partition coefficient (Wildman–Crippen LogP) is 0.504. The molecule has 0 aromatic rings. The molecule has 0 spiro atoms. The van der Waals surface area contributed by atoms with Gasteiger partial charge in [0.1, 0.15) is 0 Å². The van der Waals surface area contributed by atoms with E-state index in [9.17, 15) is 26.0 Å². The number of carboxylic acids is 1. The lowest BCUT2D eigenvalue weighted by molar-refractivity contribution is -0.134. The Bertz CT molecular complexity index is 705. The molecule has 0 aliphatic heterocycles. The molecule has 0 aliphatic carbocycles. The van der Waals surface area contributed by atoms with Gasteiger partial charge in [-0.25, -0.2) is 4.57 Å². The summed E-state index contributed by atoms with van der Waals surface area (Å²) in [5.41, 5.74) is 0. The van der Waals surface area contributed by atoms with Crippen LogP contribution in [0.1, 0.15) is 6.92 Å². The topological polar surface area (TPSA) is 280 Å². The molecular formula is C10H34O16P2S2Si. The predicted molar refractivity (Wildman–Crippen MR) is 116 cm³/mol. The highest BCUT2D eigenvalue weighted by atomic mass is 32.3. The molecule has 0 saturated carbocycles. The van der Waals surface area contributed by atoms with Gasteiger partial charge in [0, 0.05) is 28.8 Å². The average Bonchev–Trinajstić information content (AvgIpc) is 2.30. The summed E-state index contributed by atoms with van der Waals surface area (Å²) in [5, 5.41) is 7.42. The second-order valence-corrected chi connectivity index (χ2v) is 18.0. The summed E-state index contributed by atoms with van der Waals surface area (Å²) in [7, 11) is -14.4. The standard InChI is InChI=1S/C4H12Si.C2H4O2.CH5O4P.CH4O4S.CH5O3P.CH4O3S/c1-5(2,3)4;1-2(3)4;2*1-5-6(2,3)4;2*1-5(2,3)4/h1-4H3;1H3,(H,3,4);1H3,(H2,2,3,4);1H3,(H,2,3,4);1H3,(H2,2,3,4);1H3,(H,2,3,4). The van der Waals surface area contributed by atoms with Crippen LogP contribution in [0.5, 0.6) is 0 Å². The number of rotatable bonds is 2. The van der Waals surface area contributed by atoms with Gasteiger partial charge in [0.15, 0.2) is 0 Å². The lowest BCUT2D eigenvalue weighted by atomic mass is 10.9. The maximum absolute atomic E-state index is 9.47. The average molecular weight is 565 g/mol. The van der Waals surface area contributed by atoms with E-state index in [2.05, 4.69) is 34.9 Å². The Kier molecular flexibility index (Phi) is 29.1. The van der Waals surface area contributed by atoms with Crippen LogP contribution >= 0.6 is 15.4 Å². The van der Waals surface area contributed by atoms with Crippen molar-refractivity contribution in [3.05, 3.63) is 0 Å². The van der Waals surface area contributed by atoms with E-state index in [0.717, 1.165) is 27.8 Å². The fraction of sp³-hybridized carbons (Fsp3) is 0.900. The zero-order valence-corrected chi connectivity index (χ0v) is 22.9. The molecule has 0 bridgehead atoms. The first kappa shape index (κ1) is 44.4. The normalized spacial score (nSPS) is 11.1. The second kappa shape index (κ2) is 20.3. The van der Waals surface area contributed by atoms with Crippen LogP contribution in [0.15, 0.2) is 0 Å². The van der Waals surface area contributed by atoms with Gasteiger partial charge < -0.3 is 24.7 Å². The molecule has 0 aliphatic rings. The van der Waals surface area contributed by atoms with Gasteiger partial charge in [0.25, 0.3) is 16.1 Å². The first-order valence-corrected chi connectivity index (χ1v) is 17.9. The van der Waals surface area contributed by atoms with Gasteiger partial charge in [-0.15, -0.1) is 0 Å². The zero-order chi connectivity index (χ0) is 27.5. The summed E-state index contributed by atoms with van der Waals surface area (Å²) in [4.78, 5) is 39.7. The summed E-state index contributed by atoms with van der Waals surface area (Å²) in [6.45, 7) is 11.2. The first-order valence-electron chi connectivity index (χ1n) is 7.15. The minimum Gasteiger partial charge on any atom is -0.481 e. The van der Waals surface area contributed by atoms with Crippen molar-refractivity contribution in [2.75, 3.05) is 27.1 Å². The molecule has 0 radical (unpaired) electrons. The minimum atomic E-state index is -4.16. The van der Waals surface area contributed by atoms with Gasteiger partial charge in [-0.2, -0.15) is 16.8 Å². The number of carbonyl (C=O) groups is 1. The lowest BCUT2D eigenvalue weighted by Crippen LogP contribution is -2.10. The van der Waals surface area contributed by atoms with E-state index in [4.69, 9.17) is 38.6 Å². The van der Waals surface area contributed by atoms with Gasteiger partial charge in [-0.3, -0.25) is 27.2 Å². The van der Waals surface area contributed by atoms with E-state index in [1.54, 1.807) is 0 Å². The van der Waals surface area contributed by atoms with Crippen LogP contribution in [-0.2, 0) is 43.1 Å². The van der Waals surface area contributed by atoms with Gasteiger partial charge >= 0.3 is 25.8 Å². The van der Waals surface area contributed by atoms with Crippen molar-refractivity contribution in [1.29, 1.82) is 0 Å². The van der Waals surface area contributed by atoms with Crippen molar-refractivity contribution in [3.63, 3.8) is 0 Å². The smallest absolute Gasteiger partial charge is 0.469 e. The Labute approximate surface area is 183 Å². The van der Waals surface area contributed by atoms with Crippen molar-refractivity contribution in [2.45, 2.75) is 33.1 Å². The molecule has 21 heteroatoms. The van der Waals surface area contributed by atoms with Crippen LogP contribution in [-0.4, -0.2) is 91.8 Å². The molecule has 7 N–H and O–H groups in total. The second-order valence-electron chi connectivity index (χ2n) is 6.35. The Morgan fingerprint density at radius 2 is 0.935 bits per heavy atom. The summed E-state index contributed by atoms with van der Waals surface area (Å²) >= 11 is 0. The van der Waals surface area contributed by atoms with Gasteiger partial charge in [0.05, 0.1) is 13.4 Å². The molecule has 0 heterocycles. The number of aliphatic carboxylic acids is 1. The Balaban J connectivity index is -0.0000000608. The molecule has 0 rings (SSSR count). The van der Waals surface area contributed by atoms with Crippen molar-refractivity contribution in [1.82, 2.24) is 0 Å². The van der Waals surface area contributed by atoms with E-state index in [-0.39, 0.29) is 0 Å². The van der Waals surface area contributed by atoms with Gasteiger partial charge in [0.2, 0.25) is 0 Å². The van der Waals surface area contributed by atoms with Crippen LogP contribution < -0.4 is 0 Å². The highest BCUT2D eigenvalue weighted by Crippen LogP contribution is 2.33. The Morgan fingerprint density at radius 3 is 0.935 bits per heavy atom. The molecule has 196 valence electrons. The fourth-order valence-corrected chi connectivity index (χ4v) is 0. The third kappa shape index (κ3) is 697. The van der Waals surface area contributed by atoms with Crippen molar-refractivity contribution in [2.24, 2.45) is 0 Å². The van der Waals surface area contributed by atoms with Crippen molar-refractivity contribution >= 4 is 50.0 Å². The van der Waals surface area contributed by atoms with E-state index in [1.807, 2.05) is 0 Å². The van der Waals surface area contributed by atoms with Crippen molar-refractivity contribution < 1.29 is 73.3 Å². The molecule has 0 saturated heterocycles. The molecule has 0 aromatic heterocycles. The largest absolute Gasteiger partial charge is 0.481 e. The van der Waals surface area contributed by atoms with Crippen LogP contribution in [0, 0.1) is 0 Å². The molecule has 0 aromatic carbocycles. The Morgan fingerprint density at radius 1 is 0.871 bits per heavy atom. The van der Waals surface area contributed by atoms with Crippen LogP contribution in [0.2, 0.25) is 26.2 Å². The molecule has 0 amide bonds. The number of hydrogen-bond acceptors (Lipinski definition) is 9. The highest BCUT2D eigenvalue weighted by Gasteiger charge is 2.07. The fourth-order valence-electron chi connectivity index (χ4n) is 0. The zero-order valence-electron chi connectivity index (χ0n) is 18.5. The van der Waals surface area contributed by atoms with E-state index in [1.165, 1.54) is 0 Å². The molecule has 31 heavy (non-hydrogen) atoms. The molecule has 16 nitrogen and oxygen atoms in total. The van der Waals surface area contributed by atoms with Crippen molar-refractivity contribution in [3.8, 4) is 0 Å². The van der Waals surface area contributed by atoms with Gasteiger partial charge in [-0.05, 0) is 0 Å². The highest BCUT2D eigenvalue weighted by molar-refractivity contribution is 7.85. The molecule has 0 unspecified atom stereocenters. The summed E-state index contributed by atoms with van der Waals surface area (Å²) in [6.07, 6.45) is 0.715. The summed E-state index contributed by atoms with van der Waals surface area (Å²) < 4.78 is 78.0. The number of phosphoric acid groups is 1. The number of hydrogen-bond donors (Lipinski definition) is 7. The monoisotopic (exact) mass is 564 g/mol. The SMILES string of the molecule is CC(=O)O.COP(=O)(O)O.COS(=O)(=O)O.CP(=O)(O)O.CS(=O)(=O)O.C[Si](C)(C)C. The van der Waals surface area contributed by atoms with Crippen LogP contribution in [0.3, 0.4) is 0 Å². The van der Waals surface area contributed by atoms with E-state index >= 15 is 0 Å². The maximum Gasteiger partial charge on any atom is 0.469 e. The summed E-state index contributed by atoms with van der Waals surface area (Å²) in [5.74, 6) is -0.833. The van der Waals surface area contributed by atoms with Crippen LogP contribution in [0.4, 0.5) is 0 Å². The lowest BCUT2D eigenvalue weighted by Gasteiger charge is -2.01. The van der Waals surface area contributed by atoms with E-state index in [0.29, 0.717) is 6.26 Å². The first-order chi connectivity index (χ1) is 12.9. The number of phosphoric ester groups is 1. The molecule has 0 fully saturated rings. The minimum absolute atomic E-state index is 0.611. The maximum atomic E-state index is 9.47. The number of carboxylic acid groups (broad SMARTS) is 1. The van der Waals surface area contributed by atoms with Crippen LogP contribution in [0.25, 0.3) is 0 Å². The Hall–Kier alpha value is -0.273. The third-order valence-electron chi connectivity index (χ3n) is 0.448. The van der Waals surface area contributed by atoms with Gasteiger partial charge in [-0.1, -0.05) is 26.2 Å². The third-order valence-corrected chi connectivity index (χ3v) is 1.35. The quantitative estimate of drug-likeness (QED) is 0.136. The molecule has 0 atom stereocenters.